The van der Waals surface area contributed by atoms with Crippen LogP contribution in [0.3, 0.4) is 0 Å². The topological polar surface area (TPSA) is 41.1 Å². The zero-order valence-electron chi connectivity index (χ0n) is 11.0. The first-order valence-corrected chi connectivity index (χ1v) is 7.09. The number of hydrogen-bond donors (Lipinski definition) is 2. The van der Waals surface area contributed by atoms with Crippen LogP contribution in [0.15, 0.2) is 0 Å². The minimum Gasteiger partial charge on any atom is -0.341 e. The van der Waals surface area contributed by atoms with Crippen molar-refractivity contribution < 1.29 is 4.79 Å². The highest BCUT2D eigenvalue weighted by Crippen LogP contribution is 2.61. The van der Waals surface area contributed by atoms with Crippen molar-refractivity contribution in [3.63, 3.8) is 0 Å². The van der Waals surface area contributed by atoms with Crippen LogP contribution in [-0.2, 0) is 0 Å². The Morgan fingerprint density at radius 1 is 1.12 bits per heavy atom. The molecule has 96 valence electrons. The molecule has 0 saturated heterocycles. The molecule has 4 bridgehead atoms. The Labute approximate surface area is 104 Å². The third-order valence-electron chi connectivity index (χ3n) is 5.58. The van der Waals surface area contributed by atoms with Crippen molar-refractivity contribution in [3.05, 3.63) is 0 Å². The normalized spacial score (nSPS) is 44.5. The highest BCUT2D eigenvalue weighted by atomic mass is 16.2. The van der Waals surface area contributed by atoms with Crippen LogP contribution in [-0.4, -0.2) is 19.1 Å². The van der Waals surface area contributed by atoms with Gasteiger partial charge in [-0.2, -0.15) is 0 Å². The predicted molar refractivity (Wildman–Crippen MR) is 67.7 cm³/mol. The van der Waals surface area contributed by atoms with Crippen molar-refractivity contribution in [2.45, 2.75) is 51.5 Å². The Balaban J connectivity index is 1.75. The van der Waals surface area contributed by atoms with E-state index in [1.807, 2.05) is 0 Å². The van der Waals surface area contributed by atoms with Gasteiger partial charge in [-0.15, -0.1) is 0 Å². The Morgan fingerprint density at radius 2 is 1.59 bits per heavy atom. The van der Waals surface area contributed by atoms with Gasteiger partial charge in [0.1, 0.15) is 0 Å². The van der Waals surface area contributed by atoms with Gasteiger partial charge in [-0.1, -0.05) is 0 Å². The number of nitrogens with one attached hydrogen (secondary N) is 2. The minimum atomic E-state index is -0.0201. The van der Waals surface area contributed by atoms with Gasteiger partial charge in [-0.3, -0.25) is 0 Å². The van der Waals surface area contributed by atoms with Crippen LogP contribution in [0, 0.1) is 23.2 Å². The summed E-state index contributed by atoms with van der Waals surface area (Å²) in [5.41, 5.74) is 0.418. The summed E-state index contributed by atoms with van der Waals surface area (Å²) in [5, 5.41) is 5.81. The van der Waals surface area contributed by atoms with Crippen molar-refractivity contribution in [1.82, 2.24) is 10.6 Å². The lowest BCUT2D eigenvalue weighted by Crippen LogP contribution is -2.56. The van der Waals surface area contributed by atoms with Gasteiger partial charge in [-0.25, -0.2) is 4.79 Å². The van der Waals surface area contributed by atoms with Crippen molar-refractivity contribution in [2.75, 3.05) is 7.05 Å². The van der Waals surface area contributed by atoms with Crippen LogP contribution in [0.5, 0.6) is 0 Å². The summed E-state index contributed by atoms with van der Waals surface area (Å²) in [7, 11) is 1.70. The molecule has 4 aliphatic rings. The second kappa shape index (κ2) is 3.89. The average molecular weight is 236 g/mol. The summed E-state index contributed by atoms with van der Waals surface area (Å²) in [4.78, 5) is 11.5. The van der Waals surface area contributed by atoms with E-state index in [-0.39, 0.29) is 6.03 Å². The van der Waals surface area contributed by atoms with E-state index in [2.05, 4.69) is 17.6 Å². The third-order valence-corrected chi connectivity index (χ3v) is 5.58. The molecular weight excluding hydrogens is 212 g/mol. The van der Waals surface area contributed by atoms with E-state index in [9.17, 15) is 4.79 Å². The van der Waals surface area contributed by atoms with Gasteiger partial charge in [0, 0.05) is 13.1 Å². The molecule has 0 heterocycles. The Hall–Kier alpha value is -0.730. The summed E-state index contributed by atoms with van der Waals surface area (Å²) in [6.07, 6.45) is 8.45. The molecule has 3 heteroatoms. The third kappa shape index (κ3) is 1.84. The molecule has 4 saturated carbocycles. The van der Waals surface area contributed by atoms with E-state index < -0.39 is 0 Å². The van der Waals surface area contributed by atoms with Crippen LogP contribution in [0.2, 0.25) is 0 Å². The lowest BCUT2D eigenvalue weighted by atomic mass is 9.48. The van der Waals surface area contributed by atoms with Crippen molar-refractivity contribution >= 4 is 6.03 Å². The molecule has 0 aliphatic heterocycles. The molecule has 0 aromatic heterocycles. The van der Waals surface area contributed by atoms with Gasteiger partial charge in [0.25, 0.3) is 0 Å². The standard InChI is InChI=1S/C14H24N2O/c1-9(16-13(17)15-2)14-6-10-3-11(7-14)5-12(4-10)8-14/h9-12H,3-8H2,1-2H3,(H2,15,16,17). The first kappa shape index (κ1) is 11.4. The maximum atomic E-state index is 11.5. The fraction of sp³-hybridized carbons (Fsp3) is 0.929. The van der Waals surface area contributed by atoms with E-state index in [0.717, 1.165) is 17.8 Å². The Bertz CT molecular complexity index is 291. The molecule has 2 N–H and O–H groups in total. The number of hydrogen-bond acceptors (Lipinski definition) is 1. The largest absolute Gasteiger partial charge is 0.341 e. The van der Waals surface area contributed by atoms with E-state index in [0.29, 0.717) is 11.5 Å². The maximum Gasteiger partial charge on any atom is 0.314 e. The molecule has 0 spiro atoms. The van der Waals surface area contributed by atoms with E-state index in [1.165, 1.54) is 38.5 Å². The monoisotopic (exact) mass is 236 g/mol. The van der Waals surface area contributed by atoms with Crippen molar-refractivity contribution in [1.29, 1.82) is 0 Å². The lowest BCUT2D eigenvalue weighted by molar-refractivity contribution is -0.0681. The first-order chi connectivity index (χ1) is 8.11. The molecule has 0 aromatic rings. The molecule has 17 heavy (non-hydrogen) atoms. The lowest BCUT2D eigenvalue weighted by Gasteiger charge is -2.59. The number of urea groups is 1. The van der Waals surface area contributed by atoms with Crippen molar-refractivity contribution in [3.8, 4) is 0 Å². The first-order valence-electron chi connectivity index (χ1n) is 7.09. The highest BCUT2D eigenvalue weighted by molar-refractivity contribution is 5.73. The van der Waals surface area contributed by atoms with Gasteiger partial charge in [0.15, 0.2) is 0 Å². The van der Waals surface area contributed by atoms with Crippen LogP contribution in [0.4, 0.5) is 4.79 Å². The summed E-state index contributed by atoms with van der Waals surface area (Å²) in [5.74, 6) is 2.86. The molecule has 4 fully saturated rings. The summed E-state index contributed by atoms with van der Waals surface area (Å²) >= 11 is 0. The summed E-state index contributed by atoms with van der Waals surface area (Å²) < 4.78 is 0. The fourth-order valence-corrected chi connectivity index (χ4v) is 5.13. The number of amides is 2. The quantitative estimate of drug-likeness (QED) is 0.760. The van der Waals surface area contributed by atoms with Crippen LogP contribution in [0.25, 0.3) is 0 Å². The predicted octanol–water partition coefficient (Wildman–Crippen LogP) is 2.52. The summed E-state index contributed by atoms with van der Waals surface area (Å²) in [6, 6.07) is 0.309. The Morgan fingerprint density at radius 3 is 2.00 bits per heavy atom. The zero-order valence-corrected chi connectivity index (χ0v) is 11.0. The highest BCUT2D eigenvalue weighted by Gasteiger charge is 2.53. The molecule has 4 rings (SSSR count). The fourth-order valence-electron chi connectivity index (χ4n) is 5.13. The molecular formula is C14H24N2O. The Kier molecular flexibility index (Phi) is 2.60. The molecule has 4 aliphatic carbocycles. The molecule has 1 unspecified atom stereocenters. The second-order valence-corrected chi connectivity index (χ2v) is 6.73. The maximum absolute atomic E-state index is 11.5. The van der Waals surface area contributed by atoms with Gasteiger partial charge in [0.05, 0.1) is 0 Å². The average Bonchev–Trinajstić information content (AvgIpc) is 2.26. The van der Waals surface area contributed by atoms with Gasteiger partial charge in [-0.05, 0) is 68.6 Å². The van der Waals surface area contributed by atoms with Gasteiger partial charge < -0.3 is 10.6 Å². The molecule has 0 aromatic carbocycles. The van der Waals surface area contributed by atoms with Gasteiger partial charge in [0.2, 0.25) is 0 Å². The van der Waals surface area contributed by atoms with Crippen molar-refractivity contribution in [2.24, 2.45) is 23.2 Å². The number of carbonyl (C=O) groups excluding carboxylic acids is 1. The molecule has 2 amide bonds. The molecule has 0 radical (unpaired) electrons. The van der Waals surface area contributed by atoms with E-state index >= 15 is 0 Å². The molecule has 3 nitrogen and oxygen atoms in total. The zero-order chi connectivity index (χ0) is 12.0. The minimum absolute atomic E-state index is 0.0201. The van der Waals surface area contributed by atoms with Crippen LogP contribution < -0.4 is 10.6 Å². The van der Waals surface area contributed by atoms with E-state index in [4.69, 9.17) is 0 Å². The van der Waals surface area contributed by atoms with Gasteiger partial charge >= 0.3 is 6.03 Å². The SMILES string of the molecule is CNC(=O)NC(C)C12CC3CC(CC(C3)C1)C2. The van der Waals surface area contributed by atoms with E-state index in [1.54, 1.807) is 7.05 Å². The molecule has 1 atom stereocenters. The number of carbonyl (C=O) groups is 1. The van der Waals surface area contributed by atoms with Crippen LogP contribution >= 0.6 is 0 Å². The number of rotatable bonds is 2. The summed E-state index contributed by atoms with van der Waals surface area (Å²) in [6.45, 7) is 2.21. The smallest absolute Gasteiger partial charge is 0.314 e. The van der Waals surface area contributed by atoms with Crippen LogP contribution in [0.1, 0.15) is 45.4 Å². The second-order valence-electron chi connectivity index (χ2n) is 6.73.